The third kappa shape index (κ3) is 12.0. The van der Waals surface area contributed by atoms with Crippen molar-refractivity contribution in [2.75, 3.05) is 6.61 Å². The lowest BCUT2D eigenvalue weighted by Crippen LogP contribution is -2.05. The number of aliphatic carboxylic acids is 1. The van der Waals surface area contributed by atoms with Crippen LogP contribution in [0, 0.1) is 0 Å². The minimum absolute atomic E-state index is 0.0956. The summed E-state index contributed by atoms with van der Waals surface area (Å²) in [6, 6.07) is 0. The Balaban J connectivity index is 0. The molecule has 5 heteroatoms. The number of carbonyl (C=O) groups is 2. The number of esters is 1. The maximum absolute atomic E-state index is 10.3. The second-order valence-electron chi connectivity index (χ2n) is 2.42. The van der Waals surface area contributed by atoms with Crippen molar-refractivity contribution in [2.24, 2.45) is 0 Å². The summed E-state index contributed by atoms with van der Waals surface area (Å²) in [5.41, 5.74) is 0.176. The molecule has 0 bridgehead atoms. The fraction of sp³-hybridized carbons (Fsp3) is 0.200. The highest BCUT2D eigenvalue weighted by Crippen LogP contribution is 1.87. The average Bonchev–Trinajstić information content (AvgIpc) is 2.14. The van der Waals surface area contributed by atoms with E-state index in [-0.39, 0.29) is 12.2 Å². The van der Waals surface area contributed by atoms with E-state index >= 15 is 0 Å². The molecule has 2 N–H and O–H groups in total. The SMILES string of the molecule is C=C(C)C(=O)O.C=CCOC(=O)C(=C)O. The maximum Gasteiger partial charge on any atom is 0.373 e. The summed E-state index contributed by atoms with van der Waals surface area (Å²) in [5, 5.41) is 16.2. The van der Waals surface area contributed by atoms with Crippen molar-refractivity contribution in [2.45, 2.75) is 6.92 Å². The minimum Gasteiger partial charge on any atom is -0.502 e. The number of hydrogen-bond donors (Lipinski definition) is 2. The van der Waals surface area contributed by atoms with Crippen LogP contribution in [0.3, 0.4) is 0 Å². The van der Waals surface area contributed by atoms with Crippen LogP contribution in [-0.4, -0.2) is 28.8 Å². The van der Waals surface area contributed by atoms with Gasteiger partial charge in [-0.05, 0) is 13.5 Å². The molecule has 5 nitrogen and oxygen atoms in total. The van der Waals surface area contributed by atoms with Crippen LogP contribution in [0.25, 0.3) is 0 Å². The van der Waals surface area contributed by atoms with Crippen molar-refractivity contribution >= 4 is 11.9 Å². The van der Waals surface area contributed by atoms with E-state index in [2.05, 4.69) is 24.5 Å². The van der Waals surface area contributed by atoms with Crippen LogP contribution < -0.4 is 0 Å². The highest BCUT2D eigenvalue weighted by Gasteiger charge is 2.02. The lowest BCUT2D eigenvalue weighted by molar-refractivity contribution is -0.140. The Hall–Kier alpha value is -2.04. The van der Waals surface area contributed by atoms with Crippen LogP contribution >= 0.6 is 0 Å². The van der Waals surface area contributed by atoms with Crippen LogP contribution in [-0.2, 0) is 14.3 Å². The normalized spacial score (nSPS) is 7.80. The molecule has 0 amide bonds. The standard InChI is InChI=1S/C6H8O3.C4H6O2/c1-3-4-9-6(8)5(2)7;1-3(2)4(5)6/h3,7H,1-2,4H2;1H2,2H3,(H,5,6). The Labute approximate surface area is 88.0 Å². The predicted molar refractivity (Wildman–Crippen MR) is 55.4 cm³/mol. The lowest BCUT2D eigenvalue weighted by Gasteiger charge is -1.96. The molecule has 0 rings (SSSR count). The highest BCUT2D eigenvalue weighted by molar-refractivity contribution is 5.85. The van der Waals surface area contributed by atoms with Gasteiger partial charge in [-0.2, -0.15) is 0 Å². The van der Waals surface area contributed by atoms with Crippen molar-refractivity contribution in [3.63, 3.8) is 0 Å². The van der Waals surface area contributed by atoms with Gasteiger partial charge in [0.15, 0.2) is 5.76 Å². The number of carbonyl (C=O) groups excluding carboxylic acids is 1. The second kappa shape index (κ2) is 8.55. The fourth-order valence-corrected chi connectivity index (χ4v) is 0.218. The quantitative estimate of drug-likeness (QED) is 0.320. The zero-order valence-corrected chi connectivity index (χ0v) is 8.52. The molecule has 0 saturated heterocycles. The zero-order chi connectivity index (χ0) is 12.4. The molecule has 0 aromatic carbocycles. The van der Waals surface area contributed by atoms with E-state index in [1.165, 1.54) is 13.0 Å². The summed E-state index contributed by atoms with van der Waals surface area (Å²) < 4.78 is 4.35. The van der Waals surface area contributed by atoms with E-state index < -0.39 is 17.7 Å². The number of aliphatic hydroxyl groups is 1. The zero-order valence-electron chi connectivity index (χ0n) is 8.52. The van der Waals surface area contributed by atoms with Crippen LogP contribution in [0.2, 0.25) is 0 Å². The van der Waals surface area contributed by atoms with E-state index in [9.17, 15) is 9.59 Å². The summed E-state index contributed by atoms with van der Waals surface area (Å²) in [7, 11) is 0. The van der Waals surface area contributed by atoms with E-state index in [0.717, 1.165) is 0 Å². The molecule has 0 unspecified atom stereocenters. The number of rotatable bonds is 4. The number of hydrogen-bond acceptors (Lipinski definition) is 4. The van der Waals surface area contributed by atoms with Gasteiger partial charge in [-0.3, -0.25) is 0 Å². The van der Waals surface area contributed by atoms with E-state index in [1.807, 2.05) is 0 Å². The average molecular weight is 214 g/mol. The molecular weight excluding hydrogens is 200 g/mol. The number of carboxylic acids is 1. The lowest BCUT2D eigenvalue weighted by atomic mass is 10.4. The van der Waals surface area contributed by atoms with Gasteiger partial charge < -0.3 is 14.9 Å². The number of ether oxygens (including phenoxy) is 1. The molecule has 0 radical (unpaired) electrons. The predicted octanol–water partition coefficient (Wildman–Crippen LogP) is 1.43. The Morgan fingerprint density at radius 1 is 1.33 bits per heavy atom. The van der Waals surface area contributed by atoms with Gasteiger partial charge in [0, 0.05) is 5.57 Å². The molecule has 0 fully saturated rings. The summed E-state index contributed by atoms with van der Waals surface area (Å²) in [5.74, 6) is -2.33. The molecule has 0 aliphatic rings. The van der Waals surface area contributed by atoms with Gasteiger partial charge in [-0.1, -0.05) is 19.2 Å². The van der Waals surface area contributed by atoms with Crippen molar-refractivity contribution < 1.29 is 24.5 Å². The molecule has 0 spiro atoms. The smallest absolute Gasteiger partial charge is 0.373 e. The molecule has 0 aliphatic carbocycles. The summed E-state index contributed by atoms with van der Waals surface area (Å²) in [6.45, 7) is 11.0. The molecule has 0 saturated carbocycles. The van der Waals surface area contributed by atoms with Gasteiger partial charge in [0.2, 0.25) is 0 Å². The molecule has 0 aromatic rings. The Morgan fingerprint density at radius 2 is 1.73 bits per heavy atom. The molecule has 84 valence electrons. The van der Waals surface area contributed by atoms with Gasteiger partial charge >= 0.3 is 11.9 Å². The van der Waals surface area contributed by atoms with E-state index in [0.29, 0.717) is 0 Å². The number of carboxylic acid groups (broad SMARTS) is 1. The largest absolute Gasteiger partial charge is 0.502 e. The molecule has 0 aromatic heterocycles. The minimum atomic E-state index is -0.935. The second-order valence-corrected chi connectivity index (χ2v) is 2.42. The third-order valence-electron chi connectivity index (χ3n) is 0.933. The van der Waals surface area contributed by atoms with Crippen molar-refractivity contribution in [3.8, 4) is 0 Å². The van der Waals surface area contributed by atoms with Crippen LogP contribution in [0.4, 0.5) is 0 Å². The van der Waals surface area contributed by atoms with Gasteiger partial charge in [-0.15, -0.1) is 0 Å². The highest BCUT2D eigenvalue weighted by atomic mass is 16.5. The van der Waals surface area contributed by atoms with Gasteiger partial charge in [0.1, 0.15) is 6.61 Å². The van der Waals surface area contributed by atoms with Crippen molar-refractivity contribution in [1.29, 1.82) is 0 Å². The van der Waals surface area contributed by atoms with Crippen LogP contribution in [0.5, 0.6) is 0 Å². The first-order valence-corrected chi connectivity index (χ1v) is 3.87. The third-order valence-corrected chi connectivity index (χ3v) is 0.933. The first-order chi connectivity index (χ1) is 6.82. The Bertz CT molecular complexity index is 266. The summed E-state index contributed by atoms with van der Waals surface area (Å²) in [6.07, 6.45) is 1.40. The topological polar surface area (TPSA) is 83.8 Å². The summed E-state index contributed by atoms with van der Waals surface area (Å²) >= 11 is 0. The number of aliphatic hydroxyl groups excluding tert-OH is 1. The van der Waals surface area contributed by atoms with E-state index in [1.54, 1.807) is 0 Å². The van der Waals surface area contributed by atoms with Gasteiger partial charge in [-0.25, -0.2) is 9.59 Å². The first kappa shape index (κ1) is 15.4. The maximum atomic E-state index is 10.3. The Morgan fingerprint density at radius 3 is 1.93 bits per heavy atom. The van der Waals surface area contributed by atoms with Gasteiger partial charge in [0.25, 0.3) is 0 Å². The molecular formula is C10H14O5. The van der Waals surface area contributed by atoms with Crippen molar-refractivity contribution in [1.82, 2.24) is 0 Å². The monoisotopic (exact) mass is 214 g/mol. The molecule has 0 atom stereocenters. The molecule has 15 heavy (non-hydrogen) atoms. The van der Waals surface area contributed by atoms with Crippen LogP contribution in [0.1, 0.15) is 6.92 Å². The molecule has 0 aliphatic heterocycles. The Kier molecular flexibility index (Phi) is 8.80. The molecule has 0 heterocycles. The van der Waals surface area contributed by atoms with Crippen molar-refractivity contribution in [3.05, 3.63) is 37.1 Å². The first-order valence-electron chi connectivity index (χ1n) is 3.87. The summed E-state index contributed by atoms with van der Waals surface area (Å²) in [4.78, 5) is 19.9. The van der Waals surface area contributed by atoms with Gasteiger partial charge in [0.05, 0.1) is 0 Å². The van der Waals surface area contributed by atoms with E-state index in [4.69, 9.17) is 10.2 Å². The fourth-order valence-electron chi connectivity index (χ4n) is 0.218. The van der Waals surface area contributed by atoms with Crippen LogP contribution in [0.15, 0.2) is 37.1 Å².